The Morgan fingerprint density at radius 1 is 1.13 bits per heavy atom. The molecule has 3 aromatic rings. The van der Waals surface area contributed by atoms with E-state index in [-0.39, 0.29) is 25.3 Å². The number of benzene rings is 2. The van der Waals surface area contributed by atoms with Gasteiger partial charge < -0.3 is 10.2 Å². The second-order valence-corrected chi connectivity index (χ2v) is 8.72. The van der Waals surface area contributed by atoms with Gasteiger partial charge in [-0.1, -0.05) is 19.1 Å². The Morgan fingerprint density at radius 3 is 2.50 bits per heavy atom. The lowest BCUT2D eigenvalue weighted by atomic mass is 9.97. The summed E-state index contributed by atoms with van der Waals surface area (Å²) in [6, 6.07) is 8.86. The number of halogens is 2. The van der Waals surface area contributed by atoms with Crippen molar-refractivity contribution in [3.8, 4) is 0 Å². The Kier molecular flexibility index (Phi) is 7.62. The molecule has 0 spiro atoms. The van der Waals surface area contributed by atoms with E-state index < -0.39 is 35.9 Å². The number of piperidine rings is 1. The number of imide groups is 1. The van der Waals surface area contributed by atoms with Gasteiger partial charge in [0.25, 0.3) is 11.8 Å². The zero-order valence-corrected chi connectivity index (χ0v) is 20.2. The number of rotatable bonds is 5. The van der Waals surface area contributed by atoms with Crippen LogP contribution in [0.25, 0.3) is 10.9 Å². The van der Waals surface area contributed by atoms with E-state index in [1.807, 2.05) is 13.0 Å². The van der Waals surface area contributed by atoms with E-state index in [0.717, 1.165) is 10.6 Å². The molecule has 2 aromatic carbocycles. The van der Waals surface area contributed by atoms with Crippen LogP contribution >= 0.6 is 0 Å². The summed E-state index contributed by atoms with van der Waals surface area (Å²) in [4.78, 5) is 45.6. The van der Waals surface area contributed by atoms with Crippen LogP contribution in [0.5, 0.6) is 0 Å². The monoisotopic (exact) mass is 526 g/mol. The molecular formula is C26H24F2N4O6. The summed E-state index contributed by atoms with van der Waals surface area (Å²) in [5.74, 6) is -3.71. The van der Waals surface area contributed by atoms with Crippen molar-refractivity contribution < 1.29 is 38.2 Å². The molecule has 0 aliphatic carbocycles. The Balaban J connectivity index is 0.000000368. The number of carbonyl (C=O) groups excluding carboxylic acids is 2. The molecule has 2 aliphatic rings. The number of nitrogens with one attached hydrogen (secondary N) is 1. The largest absolute Gasteiger partial charge is 0.478 e. The van der Waals surface area contributed by atoms with Gasteiger partial charge in [-0.3, -0.25) is 14.7 Å². The number of hydrazine groups is 1. The quantitative estimate of drug-likeness (QED) is 0.338. The molecule has 1 aromatic heterocycles. The number of hydrogen-bond donors (Lipinski definition) is 3. The minimum Gasteiger partial charge on any atom is -0.478 e. The van der Waals surface area contributed by atoms with Gasteiger partial charge in [0.15, 0.2) is 0 Å². The predicted molar refractivity (Wildman–Crippen MR) is 130 cm³/mol. The molecule has 3 heterocycles. The molecular weight excluding hydrogens is 502 g/mol. The molecule has 2 unspecified atom stereocenters. The molecule has 2 atom stereocenters. The lowest BCUT2D eigenvalue weighted by molar-refractivity contribution is -0.134. The van der Waals surface area contributed by atoms with Gasteiger partial charge in [-0.05, 0) is 42.7 Å². The second-order valence-electron chi connectivity index (χ2n) is 8.72. The van der Waals surface area contributed by atoms with Gasteiger partial charge in [0.2, 0.25) is 0 Å². The van der Waals surface area contributed by atoms with Crippen LogP contribution in [0, 0.1) is 5.82 Å². The number of aromatic nitrogens is 2. The van der Waals surface area contributed by atoms with Crippen molar-refractivity contribution >= 4 is 34.7 Å². The van der Waals surface area contributed by atoms with Crippen LogP contribution in [-0.2, 0) is 16.0 Å². The van der Waals surface area contributed by atoms with Crippen molar-refractivity contribution in [1.82, 2.24) is 20.2 Å². The lowest BCUT2D eigenvalue weighted by Crippen LogP contribution is -2.51. The van der Waals surface area contributed by atoms with Crippen LogP contribution in [0.1, 0.15) is 57.8 Å². The maximum Gasteiger partial charge on any atom is 0.328 e. The molecule has 5 rings (SSSR count). The zero-order valence-electron chi connectivity index (χ0n) is 20.2. The number of carbonyl (C=O) groups is 4. The number of alkyl halides is 1. The van der Waals surface area contributed by atoms with Crippen LogP contribution in [0.2, 0.25) is 0 Å². The molecule has 0 radical (unpaired) electrons. The number of carboxylic acid groups (broad SMARTS) is 2. The number of aliphatic carboxylic acids is 2. The third-order valence-electron chi connectivity index (χ3n) is 6.37. The van der Waals surface area contributed by atoms with Gasteiger partial charge in [-0.25, -0.2) is 28.4 Å². The van der Waals surface area contributed by atoms with E-state index in [1.165, 1.54) is 12.1 Å². The highest BCUT2D eigenvalue weighted by molar-refractivity contribution is 6.21. The number of amides is 2. The first-order valence-corrected chi connectivity index (χ1v) is 11.8. The summed E-state index contributed by atoms with van der Waals surface area (Å²) in [6.07, 6.45) is 0.957. The van der Waals surface area contributed by atoms with Gasteiger partial charge in [0.05, 0.1) is 28.4 Å². The molecule has 2 amide bonds. The fourth-order valence-corrected chi connectivity index (χ4v) is 4.68. The summed E-state index contributed by atoms with van der Waals surface area (Å²) in [7, 11) is 0. The van der Waals surface area contributed by atoms with Crippen LogP contribution in [0.15, 0.2) is 48.6 Å². The van der Waals surface area contributed by atoms with Crippen molar-refractivity contribution in [2.24, 2.45) is 0 Å². The lowest BCUT2D eigenvalue weighted by Gasteiger charge is -2.40. The zero-order chi connectivity index (χ0) is 27.6. The van der Waals surface area contributed by atoms with Crippen molar-refractivity contribution in [3.05, 3.63) is 76.8 Å². The van der Waals surface area contributed by atoms with Gasteiger partial charge >= 0.3 is 11.9 Å². The van der Waals surface area contributed by atoms with E-state index in [9.17, 15) is 28.0 Å². The Labute approximate surface area is 215 Å². The molecule has 3 N–H and O–H groups in total. The Morgan fingerprint density at radius 2 is 1.84 bits per heavy atom. The maximum absolute atomic E-state index is 14.4. The fourth-order valence-electron chi connectivity index (χ4n) is 4.68. The number of fused-ring (bicyclic) bond motifs is 2. The normalized spacial score (nSPS) is 19.5. The number of aryl methyl sites for hydroxylation is 1. The smallest absolute Gasteiger partial charge is 0.328 e. The summed E-state index contributed by atoms with van der Waals surface area (Å²) in [6.45, 7) is 2.14. The number of nitrogens with zero attached hydrogens (tertiary/aromatic N) is 3. The molecule has 198 valence electrons. The molecule has 1 fully saturated rings. The highest BCUT2D eigenvalue weighted by Gasteiger charge is 2.45. The van der Waals surface area contributed by atoms with E-state index in [1.54, 1.807) is 23.2 Å². The van der Waals surface area contributed by atoms with Crippen molar-refractivity contribution in [2.45, 2.75) is 38.4 Å². The van der Waals surface area contributed by atoms with Crippen LogP contribution in [-0.4, -0.2) is 66.9 Å². The van der Waals surface area contributed by atoms with Gasteiger partial charge in [0.1, 0.15) is 12.0 Å². The third kappa shape index (κ3) is 5.16. The van der Waals surface area contributed by atoms with E-state index >= 15 is 0 Å². The second kappa shape index (κ2) is 10.9. The maximum atomic E-state index is 14.4. The van der Waals surface area contributed by atoms with Gasteiger partial charge in [-0.15, -0.1) is 0 Å². The molecule has 0 bridgehead atoms. The fraction of sp³-hybridized carbons (Fsp3) is 0.269. The topological polar surface area (TPSA) is 144 Å². The molecule has 1 saturated heterocycles. The number of H-pyrrole nitrogens is 1. The molecule has 10 nitrogen and oxygen atoms in total. The summed E-state index contributed by atoms with van der Waals surface area (Å²) < 4.78 is 28.0. The first-order chi connectivity index (χ1) is 18.1. The molecule has 2 aliphatic heterocycles. The van der Waals surface area contributed by atoms with Crippen molar-refractivity contribution in [3.63, 3.8) is 0 Å². The predicted octanol–water partition coefficient (Wildman–Crippen LogP) is 3.66. The number of aromatic amines is 1. The highest BCUT2D eigenvalue weighted by Crippen LogP contribution is 2.39. The van der Waals surface area contributed by atoms with Gasteiger partial charge in [0, 0.05) is 30.5 Å². The van der Waals surface area contributed by atoms with E-state index in [4.69, 9.17) is 10.2 Å². The van der Waals surface area contributed by atoms with Crippen molar-refractivity contribution in [2.75, 3.05) is 6.54 Å². The SMILES string of the molecule is CCc1cccc2c1C(=O)N(N1CCC(F)CC1c1n[nH]c3cc(F)ccc13)C2=O.O=C(O)C=CC(=O)O. The Hall–Kier alpha value is -4.45. The molecule has 0 saturated carbocycles. The van der Waals surface area contributed by atoms with Crippen LogP contribution < -0.4 is 0 Å². The van der Waals surface area contributed by atoms with Crippen LogP contribution in [0.3, 0.4) is 0 Å². The van der Waals surface area contributed by atoms with E-state index in [0.29, 0.717) is 46.3 Å². The minimum absolute atomic E-state index is 0.0887. The Bertz CT molecular complexity index is 1440. The third-order valence-corrected chi connectivity index (χ3v) is 6.37. The summed E-state index contributed by atoms with van der Waals surface area (Å²) in [5.41, 5.74) is 2.58. The first kappa shape index (κ1) is 26.6. The number of carboxylic acids is 2. The first-order valence-electron chi connectivity index (χ1n) is 11.8. The average Bonchev–Trinajstić information content (AvgIpc) is 3.41. The molecule has 12 heteroatoms. The average molecular weight is 526 g/mol. The number of hydrogen-bond acceptors (Lipinski definition) is 6. The summed E-state index contributed by atoms with van der Waals surface area (Å²) in [5, 5.41) is 26.1. The van der Waals surface area contributed by atoms with Gasteiger partial charge in [-0.2, -0.15) is 5.10 Å². The summed E-state index contributed by atoms with van der Waals surface area (Å²) >= 11 is 0. The minimum atomic E-state index is -1.26. The van der Waals surface area contributed by atoms with Crippen molar-refractivity contribution in [1.29, 1.82) is 0 Å². The molecule has 38 heavy (non-hydrogen) atoms. The van der Waals surface area contributed by atoms with Crippen LogP contribution in [0.4, 0.5) is 8.78 Å². The van der Waals surface area contributed by atoms with E-state index in [2.05, 4.69) is 10.2 Å². The highest BCUT2D eigenvalue weighted by atomic mass is 19.1. The standard InChI is InChI=1S/C22H20F2N4O2.C4H4O4/c1-2-12-4-3-5-16-19(12)22(30)28(21(16)29)27-9-8-14(24)11-18(27)20-15-7-6-13(23)10-17(15)25-26-20;5-3(6)1-2-4(7)8/h3-7,10,14,18H,2,8-9,11H2,1H3,(H,25,26);1-2H,(H,5,6)(H,7,8).